The number of carbonyl (C=O) groups is 1. The van der Waals surface area contributed by atoms with Crippen LogP contribution < -0.4 is 11.1 Å². The maximum Gasteiger partial charge on any atom is 0.230 e. The Balaban J connectivity index is 2.28. The normalized spacial score (nSPS) is 10.6. The fourth-order valence-corrected chi connectivity index (χ4v) is 1.95. The van der Waals surface area contributed by atoms with Gasteiger partial charge in [0.1, 0.15) is 12.1 Å². The third-order valence-electron chi connectivity index (χ3n) is 1.87. The molecule has 0 bridgehead atoms. The van der Waals surface area contributed by atoms with E-state index in [0.29, 0.717) is 16.6 Å². The van der Waals surface area contributed by atoms with Crippen molar-refractivity contribution in [3.8, 4) is 0 Å². The topological polar surface area (TPSA) is 98.2 Å². The average Bonchev–Trinajstić information content (AvgIpc) is 2.73. The zero-order valence-corrected chi connectivity index (χ0v) is 9.36. The number of nitrogens with zero attached hydrogens (tertiary/aromatic N) is 4. The molecule has 84 valence electrons. The number of nitrogens with one attached hydrogen (secondary N) is 1. The molecule has 0 radical (unpaired) electrons. The maximum absolute atomic E-state index is 11.1. The van der Waals surface area contributed by atoms with Gasteiger partial charge in [0.2, 0.25) is 5.91 Å². The van der Waals surface area contributed by atoms with Gasteiger partial charge in [-0.25, -0.2) is 9.97 Å². The van der Waals surface area contributed by atoms with Crippen LogP contribution in [0.4, 0.5) is 5.82 Å². The molecule has 0 atom stereocenters. The maximum atomic E-state index is 11.1. The van der Waals surface area contributed by atoms with Crippen molar-refractivity contribution in [2.75, 3.05) is 18.5 Å². The van der Waals surface area contributed by atoms with Crippen LogP contribution in [-0.2, 0) is 4.79 Å². The van der Waals surface area contributed by atoms with Crippen LogP contribution in [0, 0.1) is 0 Å². The first kappa shape index (κ1) is 10.7. The molecule has 2 rings (SSSR count). The molecule has 0 aliphatic heterocycles. The summed E-state index contributed by atoms with van der Waals surface area (Å²) in [4.78, 5) is 19.2. The van der Waals surface area contributed by atoms with Crippen LogP contribution in [0.25, 0.3) is 5.65 Å². The molecule has 0 spiro atoms. The van der Waals surface area contributed by atoms with Crippen LogP contribution in [0.2, 0.25) is 0 Å². The number of thioether (sulfide) groups is 1. The van der Waals surface area contributed by atoms with Gasteiger partial charge in [-0.3, -0.25) is 4.79 Å². The van der Waals surface area contributed by atoms with Gasteiger partial charge in [-0.2, -0.15) is 9.61 Å². The van der Waals surface area contributed by atoms with Crippen LogP contribution in [-0.4, -0.2) is 38.3 Å². The zero-order chi connectivity index (χ0) is 11.5. The van der Waals surface area contributed by atoms with E-state index in [2.05, 4.69) is 20.4 Å². The number of hydrogen-bond acceptors (Lipinski definition) is 6. The van der Waals surface area contributed by atoms with Crippen molar-refractivity contribution < 1.29 is 4.79 Å². The lowest BCUT2D eigenvalue weighted by Crippen LogP contribution is -2.20. The molecule has 0 aromatic carbocycles. The van der Waals surface area contributed by atoms with Gasteiger partial charge in [-0.15, -0.1) is 0 Å². The van der Waals surface area contributed by atoms with Crippen molar-refractivity contribution in [2.24, 2.45) is 0 Å². The zero-order valence-electron chi connectivity index (χ0n) is 8.54. The van der Waals surface area contributed by atoms with Crippen molar-refractivity contribution in [3.63, 3.8) is 0 Å². The second-order valence-electron chi connectivity index (χ2n) is 2.96. The van der Waals surface area contributed by atoms with E-state index < -0.39 is 0 Å². The summed E-state index contributed by atoms with van der Waals surface area (Å²) in [5, 5.41) is 7.08. The summed E-state index contributed by atoms with van der Waals surface area (Å²) in [7, 11) is 1.58. The highest BCUT2D eigenvalue weighted by molar-refractivity contribution is 7.99. The molecule has 0 aliphatic rings. The SMILES string of the molecule is CNC(=O)CSc1nc(N)cc2ncnn12. The number of anilines is 1. The molecule has 2 aromatic heterocycles. The summed E-state index contributed by atoms with van der Waals surface area (Å²) >= 11 is 1.26. The number of carbonyl (C=O) groups excluding carboxylic acids is 1. The van der Waals surface area contributed by atoms with Gasteiger partial charge < -0.3 is 11.1 Å². The molecule has 2 heterocycles. The molecular weight excluding hydrogens is 228 g/mol. The molecule has 16 heavy (non-hydrogen) atoms. The minimum Gasteiger partial charge on any atom is -0.383 e. The third kappa shape index (κ3) is 2.06. The molecule has 0 fully saturated rings. The average molecular weight is 238 g/mol. The third-order valence-corrected chi connectivity index (χ3v) is 2.80. The van der Waals surface area contributed by atoms with E-state index in [9.17, 15) is 4.79 Å². The quantitative estimate of drug-likeness (QED) is 0.555. The Bertz CT molecular complexity index is 524. The molecule has 7 nitrogen and oxygen atoms in total. The van der Waals surface area contributed by atoms with Gasteiger partial charge in [0.25, 0.3) is 0 Å². The molecule has 0 unspecified atom stereocenters. The van der Waals surface area contributed by atoms with E-state index in [1.165, 1.54) is 18.1 Å². The highest BCUT2D eigenvalue weighted by Crippen LogP contribution is 2.17. The first-order chi connectivity index (χ1) is 7.70. The smallest absolute Gasteiger partial charge is 0.230 e. The predicted molar refractivity (Wildman–Crippen MR) is 60.0 cm³/mol. The minimum absolute atomic E-state index is 0.0810. The summed E-state index contributed by atoms with van der Waals surface area (Å²) in [5.74, 6) is 0.546. The van der Waals surface area contributed by atoms with Crippen LogP contribution in [0.1, 0.15) is 0 Å². The van der Waals surface area contributed by atoms with E-state index in [1.807, 2.05) is 0 Å². The van der Waals surface area contributed by atoms with Gasteiger partial charge in [-0.05, 0) is 0 Å². The first-order valence-corrected chi connectivity index (χ1v) is 5.49. The minimum atomic E-state index is -0.0810. The number of amides is 1. The molecule has 0 saturated carbocycles. The van der Waals surface area contributed by atoms with Gasteiger partial charge in [0, 0.05) is 13.1 Å². The van der Waals surface area contributed by atoms with E-state index in [0.717, 1.165) is 0 Å². The van der Waals surface area contributed by atoms with E-state index >= 15 is 0 Å². The van der Waals surface area contributed by atoms with E-state index in [1.54, 1.807) is 17.6 Å². The summed E-state index contributed by atoms with van der Waals surface area (Å²) in [6.45, 7) is 0. The van der Waals surface area contributed by atoms with Gasteiger partial charge >= 0.3 is 0 Å². The number of fused-ring (bicyclic) bond motifs is 1. The van der Waals surface area contributed by atoms with Crippen LogP contribution >= 0.6 is 11.8 Å². The number of hydrogen-bond donors (Lipinski definition) is 2. The lowest BCUT2D eigenvalue weighted by Gasteiger charge is -2.03. The van der Waals surface area contributed by atoms with Crippen molar-refractivity contribution in [1.82, 2.24) is 24.9 Å². The Labute approximate surface area is 95.4 Å². The molecular formula is C8H10N6OS. The predicted octanol–water partition coefficient (Wildman–Crippen LogP) is -0.455. The van der Waals surface area contributed by atoms with Crippen molar-refractivity contribution in [1.29, 1.82) is 0 Å². The summed E-state index contributed by atoms with van der Waals surface area (Å²) in [6, 6.07) is 1.62. The second-order valence-corrected chi connectivity index (χ2v) is 3.90. The monoisotopic (exact) mass is 238 g/mol. The summed E-state index contributed by atoms with van der Waals surface area (Å²) in [6.07, 6.45) is 1.42. The second kappa shape index (κ2) is 4.35. The van der Waals surface area contributed by atoms with Crippen LogP contribution in [0.5, 0.6) is 0 Å². The highest BCUT2D eigenvalue weighted by atomic mass is 32.2. The largest absolute Gasteiger partial charge is 0.383 e. The number of rotatable bonds is 3. The molecule has 2 aromatic rings. The Kier molecular flexibility index (Phi) is 2.91. The van der Waals surface area contributed by atoms with E-state index in [-0.39, 0.29) is 11.7 Å². The first-order valence-electron chi connectivity index (χ1n) is 4.50. The number of nitrogen functional groups attached to an aromatic ring is 1. The van der Waals surface area contributed by atoms with E-state index in [4.69, 9.17) is 5.73 Å². The summed E-state index contributed by atoms with van der Waals surface area (Å²) in [5.41, 5.74) is 6.23. The van der Waals surface area contributed by atoms with Gasteiger partial charge in [-0.1, -0.05) is 11.8 Å². The Morgan fingerprint density at radius 1 is 1.69 bits per heavy atom. The molecule has 3 N–H and O–H groups in total. The lowest BCUT2D eigenvalue weighted by molar-refractivity contribution is -0.118. The number of nitrogens with two attached hydrogens (primary N) is 1. The molecule has 0 aliphatic carbocycles. The molecule has 8 heteroatoms. The van der Waals surface area contributed by atoms with Gasteiger partial charge in [0.05, 0.1) is 5.75 Å². The van der Waals surface area contributed by atoms with Crippen molar-refractivity contribution in [3.05, 3.63) is 12.4 Å². The fraction of sp³-hybridized carbons (Fsp3) is 0.250. The standard InChI is InChI=1S/C8H10N6OS/c1-10-7(15)3-16-8-13-5(9)2-6-11-4-12-14(6)8/h2,4H,3,9H2,1H3,(H,10,15). The van der Waals surface area contributed by atoms with Crippen molar-refractivity contribution in [2.45, 2.75) is 5.16 Å². The molecule has 1 amide bonds. The lowest BCUT2D eigenvalue weighted by atomic mass is 10.6. The van der Waals surface area contributed by atoms with Crippen LogP contribution in [0.3, 0.4) is 0 Å². The Morgan fingerprint density at radius 2 is 2.50 bits per heavy atom. The van der Waals surface area contributed by atoms with Crippen molar-refractivity contribution >= 4 is 29.1 Å². The van der Waals surface area contributed by atoms with Crippen LogP contribution in [0.15, 0.2) is 17.6 Å². The Hall–Kier alpha value is -1.83. The number of aromatic nitrogens is 4. The fourth-order valence-electron chi connectivity index (χ4n) is 1.11. The van der Waals surface area contributed by atoms with Gasteiger partial charge in [0.15, 0.2) is 10.8 Å². The Morgan fingerprint density at radius 3 is 3.25 bits per heavy atom. The highest BCUT2D eigenvalue weighted by Gasteiger charge is 2.08. The molecule has 0 saturated heterocycles. The summed E-state index contributed by atoms with van der Waals surface area (Å²) < 4.78 is 1.55.